The van der Waals surface area contributed by atoms with Crippen LogP contribution in [0.1, 0.15) is 38.1 Å². The Morgan fingerprint density at radius 2 is 2.21 bits per heavy atom. The highest BCUT2D eigenvalue weighted by Crippen LogP contribution is 2.04. The molecule has 0 unspecified atom stereocenters. The molecule has 0 atom stereocenters. The summed E-state index contributed by atoms with van der Waals surface area (Å²) in [6, 6.07) is 2.00. The largest absolute Gasteiger partial charge is 0.381 e. The topological polar surface area (TPSA) is 35.3 Å². The molecule has 3 heteroatoms. The van der Waals surface area contributed by atoms with Crippen molar-refractivity contribution in [3.8, 4) is 0 Å². The summed E-state index contributed by atoms with van der Waals surface area (Å²) in [5.74, 6) is 0.952. The molecule has 0 aliphatic rings. The van der Waals surface area contributed by atoms with Gasteiger partial charge in [0.2, 0.25) is 0 Å². The van der Waals surface area contributed by atoms with Crippen molar-refractivity contribution in [2.45, 2.75) is 39.5 Å². The second-order valence-electron chi connectivity index (χ2n) is 3.35. The number of aryl methyl sites for hydroxylation is 1. The first-order valence-corrected chi connectivity index (χ1v) is 5.39. The van der Waals surface area contributed by atoms with Crippen molar-refractivity contribution in [2.24, 2.45) is 0 Å². The molecule has 14 heavy (non-hydrogen) atoms. The first-order valence-electron chi connectivity index (χ1n) is 5.39. The van der Waals surface area contributed by atoms with Crippen LogP contribution in [0.4, 0.5) is 0 Å². The molecule has 0 N–H and O–H groups in total. The average molecular weight is 197 g/mol. The van der Waals surface area contributed by atoms with Crippen LogP contribution in [0.15, 0.2) is 10.6 Å². The van der Waals surface area contributed by atoms with Crippen LogP contribution in [-0.2, 0) is 17.6 Å². The molecule has 0 amide bonds. The summed E-state index contributed by atoms with van der Waals surface area (Å²) in [6.45, 7) is 5.82. The molecule has 0 saturated carbocycles. The van der Waals surface area contributed by atoms with Crippen molar-refractivity contribution < 1.29 is 9.26 Å². The lowest BCUT2D eigenvalue weighted by Crippen LogP contribution is -2.00. The number of ether oxygens (including phenoxy) is 1. The van der Waals surface area contributed by atoms with Gasteiger partial charge in [-0.15, -0.1) is 0 Å². The number of rotatable bonds is 7. The predicted octanol–water partition coefficient (Wildman–Crippen LogP) is 2.60. The molecule has 1 aromatic heterocycles. The van der Waals surface area contributed by atoms with Crippen molar-refractivity contribution in [3.05, 3.63) is 17.5 Å². The van der Waals surface area contributed by atoms with Gasteiger partial charge in [0, 0.05) is 25.5 Å². The first-order chi connectivity index (χ1) is 6.86. The standard InChI is InChI=1S/C11H19NO2/c1-3-5-7-13-8-6-10-9-11(4-2)14-12-10/h9H,3-8H2,1-2H3. The fourth-order valence-electron chi connectivity index (χ4n) is 1.17. The van der Waals surface area contributed by atoms with Gasteiger partial charge in [-0.2, -0.15) is 0 Å². The maximum absolute atomic E-state index is 5.44. The number of aromatic nitrogens is 1. The SMILES string of the molecule is CCCCOCCc1cc(CC)on1. The molecule has 80 valence electrons. The third kappa shape index (κ3) is 3.92. The molecule has 1 rings (SSSR count). The van der Waals surface area contributed by atoms with Crippen LogP contribution in [0.5, 0.6) is 0 Å². The Balaban J connectivity index is 2.12. The Morgan fingerprint density at radius 1 is 1.36 bits per heavy atom. The first kappa shape index (κ1) is 11.2. The van der Waals surface area contributed by atoms with E-state index in [0.29, 0.717) is 0 Å². The molecule has 0 saturated heterocycles. The molecule has 0 aliphatic heterocycles. The minimum Gasteiger partial charge on any atom is -0.381 e. The minimum absolute atomic E-state index is 0.746. The smallest absolute Gasteiger partial charge is 0.136 e. The van der Waals surface area contributed by atoms with E-state index in [-0.39, 0.29) is 0 Å². The number of hydrogen-bond donors (Lipinski definition) is 0. The van der Waals surface area contributed by atoms with Crippen LogP contribution in [-0.4, -0.2) is 18.4 Å². The van der Waals surface area contributed by atoms with Crippen LogP contribution >= 0.6 is 0 Å². The molecule has 0 spiro atoms. The predicted molar refractivity (Wildman–Crippen MR) is 55.3 cm³/mol. The molecule has 0 bridgehead atoms. The Labute approximate surface area is 85.4 Å². The summed E-state index contributed by atoms with van der Waals surface area (Å²) in [7, 11) is 0. The lowest BCUT2D eigenvalue weighted by atomic mass is 10.3. The summed E-state index contributed by atoms with van der Waals surface area (Å²) < 4.78 is 10.5. The van der Waals surface area contributed by atoms with Crippen LogP contribution in [0.2, 0.25) is 0 Å². The Hall–Kier alpha value is -0.830. The van der Waals surface area contributed by atoms with Gasteiger partial charge in [-0.05, 0) is 6.42 Å². The monoisotopic (exact) mass is 197 g/mol. The van der Waals surface area contributed by atoms with Crippen molar-refractivity contribution in [2.75, 3.05) is 13.2 Å². The molecular weight excluding hydrogens is 178 g/mol. The Kier molecular flexibility index (Phi) is 5.30. The van der Waals surface area contributed by atoms with E-state index in [1.54, 1.807) is 0 Å². The fourth-order valence-corrected chi connectivity index (χ4v) is 1.17. The summed E-state index contributed by atoms with van der Waals surface area (Å²) in [5, 5.41) is 3.95. The Bertz CT molecular complexity index is 245. The van der Waals surface area contributed by atoms with Gasteiger partial charge in [-0.1, -0.05) is 25.4 Å². The zero-order valence-corrected chi connectivity index (χ0v) is 9.08. The highest BCUT2D eigenvalue weighted by molar-refractivity contribution is 5.05. The Morgan fingerprint density at radius 3 is 2.86 bits per heavy atom. The molecule has 0 aromatic carbocycles. The normalized spacial score (nSPS) is 10.7. The summed E-state index contributed by atoms with van der Waals surface area (Å²) in [4.78, 5) is 0. The van der Waals surface area contributed by atoms with Gasteiger partial charge in [0.05, 0.1) is 12.3 Å². The molecule has 3 nitrogen and oxygen atoms in total. The van der Waals surface area contributed by atoms with E-state index in [1.807, 2.05) is 6.07 Å². The maximum Gasteiger partial charge on any atom is 0.136 e. The van der Waals surface area contributed by atoms with Gasteiger partial charge < -0.3 is 9.26 Å². The van der Waals surface area contributed by atoms with Crippen molar-refractivity contribution in [3.63, 3.8) is 0 Å². The van der Waals surface area contributed by atoms with E-state index in [0.717, 1.165) is 43.9 Å². The number of nitrogens with zero attached hydrogens (tertiary/aromatic N) is 1. The maximum atomic E-state index is 5.44. The molecule has 1 aromatic rings. The van der Waals surface area contributed by atoms with Gasteiger partial charge in [0.15, 0.2) is 0 Å². The molecule has 0 aliphatic carbocycles. The van der Waals surface area contributed by atoms with Crippen molar-refractivity contribution in [1.82, 2.24) is 5.16 Å². The van der Waals surface area contributed by atoms with E-state index in [2.05, 4.69) is 19.0 Å². The summed E-state index contributed by atoms with van der Waals surface area (Å²) in [6.07, 6.45) is 4.08. The zero-order chi connectivity index (χ0) is 10.2. The van der Waals surface area contributed by atoms with Gasteiger partial charge >= 0.3 is 0 Å². The van der Waals surface area contributed by atoms with Crippen molar-refractivity contribution in [1.29, 1.82) is 0 Å². The van der Waals surface area contributed by atoms with Crippen LogP contribution in [0, 0.1) is 0 Å². The van der Waals surface area contributed by atoms with Crippen LogP contribution in [0.3, 0.4) is 0 Å². The number of hydrogen-bond acceptors (Lipinski definition) is 3. The second-order valence-corrected chi connectivity index (χ2v) is 3.35. The van der Waals surface area contributed by atoms with E-state index in [9.17, 15) is 0 Å². The number of unbranched alkanes of at least 4 members (excludes halogenated alkanes) is 1. The molecular formula is C11H19NO2. The van der Waals surface area contributed by atoms with E-state index in [4.69, 9.17) is 9.26 Å². The minimum atomic E-state index is 0.746. The van der Waals surface area contributed by atoms with Gasteiger partial charge in [-0.3, -0.25) is 0 Å². The quantitative estimate of drug-likeness (QED) is 0.630. The van der Waals surface area contributed by atoms with Gasteiger partial charge in [0.25, 0.3) is 0 Å². The van der Waals surface area contributed by atoms with Crippen molar-refractivity contribution >= 4 is 0 Å². The highest BCUT2D eigenvalue weighted by Gasteiger charge is 2.01. The fraction of sp³-hybridized carbons (Fsp3) is 0.727. The lowest BCUT2D eigenvalue weighted by Gasteiger charge is -1.99. The van der Waals surface area contributed by atoms with E-state index >= 15 is 0 Å². The van der Waals surface area contributed by atoms with Crippen LogP contribution < -0.4 is 0 Å². The van der Waals surface area contributed by atoms with E-state index < -0.39 is 0 Å². The highest BCUT2D eigenvalue weighted by atomic mass is 16.5. The summed E-state index contributed by atoms with van der Waals surface area (Å²) >= 11 is 0. The lowest BCUT2D eigenvalue weighted by molar-refractivity contribution is 0.133. The van der Waals surface area contributed by atoms with E-state index in [1.165, 1.54) is 6.42 Å². The third-order valence-electron chi connectivity index (χ3n) is 2.10. The third-order valence-corrected chi connectivity index (χ3v) is 2.10. The van der Waals surface area contributed by atoms with Crippen LogP contribution in [0.25, 0.3) is 0 Å². The van der Waals surface area contributed by atoms with Gasteiger partial charge in [0.1, 0.15) is 5.76 Å². The van der Waals surface area contributed by atoms with Gasteiger partial charge in [-0.25, -0.2) is 0 Å². The molecule has 1 heterocycles. The zero-order valence-electron chi connectivity index (χ0n) is 9.08. The molecule has 0 fully saturated rings. The molecule has 0 radical (unpaired) electrons. The summed E-state index contributed by atoms with van der Waals surface area (Å²) in [5.41, 5.74) is 0.998. The average Bonchev–Trinajstić information content (AvgIpc) is 2.65. The second kappa shape index (κ2) is 6.60.